The second kappa shape index (κ2) is 6.37. The van der Waals surface area contributed by atoms with E-state index in [4.69, 9.17) is 0 Å². The second-order valence-corrected chi connectivity index (χ2v) is 7.83. The van der Waals surface area contributed by atoms with Gasteiger partial charge in [0.1, 0.15) is 11.3 Å². The molecule has 3 aromatic rings. The van der Waals surface area contributed by atoms with E-state index in [9.17, 15) is 9.90 Å². The number of carbonyl (C=O) groups excluding carboxylic acids is 1. The van der Waals surface area contributed by atoms with Crippen LogP contribution in [0, 0.1) is 6.92 Å². The summed E-state index contributed by atoms with van der Waals surface area (Å²) < 4.78 is 2.15. The number of nitrogens with zero attached hydrogens (tertiary/aromatic N) is 4. The van der Waals surface area contributed by atoms with Gasteiger partial charge in [-0.3, -0.25) is 4.79 Å². The Hall–Kier alpha value is -3.28. The first-order chi connectivity index (χ1) is 14.1. The standard InChI is InChI=1S/C23H24N4O2/c1-3-27-18-9-5-12-24-21(18)26-13-6-10-19(26)23(27)11-14-25(15-23)22(29)17-8-4-7-16(2)20(17)28/h4-10,12-13,28H,3,11,14-15H2,1-2H3/t23-/m1/s1. The number of para-hydroxylation sites is 1. The van der Waals surface area contributed by atoms with E-state index in [0.717, 1.165) is 30.2 Å². The average Bonchev–Trinajstić information content (AvgIpc) is 3.39. The highest BCUT2D eigenvalue weighted by Crippen LogP contribution is 2.47. The van der Waals surface area contributed by atoms with Crippen LogP contribution in [0.2, 0.25) is 0 Å². The van der Waals surface area contributed by atoms with Crippen LogP contribution in [0.5, 0.6) is 5.75 Å². The minimum absolute atomic E-state index is 0.0763. The van der Waals surface area contributed by atoms with Gasteiger partial charge in [-0.25, -0.2) is 4.98 Å². The number of phenolic OH excluding ortho intramolecular Hbond substituents is 1. The number of amides is 1. The number of phenols is 1. The van der Waals surface area contributed by atoms with E-state index in [0.29, 0.717) is 24.2 Å². The maximum atomic E-state index is 13.3. The van der Waals surface area contributed by atoms with Crippen LogP contribution in [-0.4, -0.2) is 45.1 Å². The summed E-state index contributed by atoms with van der Waals surface area (Å²) >= 11 is 0. The highest BCUT2D eigenvalue weighted by Gasteiger charge is 2.50. The van der Waals surface area contributed by atoms with Gasteiger partial charge < -0.3 is 19.5 Å². The van der Waals surface area contributed by atoms with Gasteiger partial charge in [0, 0.05) is 32.0 Å². The first kappa shape index (κ1) is 17.8. The number of aromatic nitrogens is 2. The fraction of sp³-hybridized carbons (Fsp3) is 0.304. The van der Waals surface area contributed by atoms with Crippen LogP contribution in [0.25, 0.3) is 5.82 Å². The lowest BCUT2D eigenvalue weighted by Crippen LogP contribution is -2.52. The number of rotatable bonds is 2. The Kier molecular flexibility index (Phi) is 3.91. The molecule has 1 fully saturated rings. The minimum Gasteiger partial charge on any atom is -0.507 e. The largest absolute Gasteiger partial charge is 0.507 e. The Balaban J connectivity index is 1.57. The van der Waals surface area contributed by atoms with E-state index in [2.05, 4.69) is 33.5 Å². The summed E-state index contributed by atoms with van der Waals surface area (Å²) in [5.41, 5.74) is 3.04. The summed E-state index contributed by atoms with van der Waals surface area (Å²) in [5, 5.41) is 10.4. The van der Waals surface area contributed by atoms with E-state index >= 15 is 0 Å². The molecule has 2 aliphatic heterocycles. The number of fused-ring (bicyclic) bond motifs is 4. The van der Waals surface area contributed by atoms with Gasteiger partial charge in [-0.05, 0) is 56.2 Å². The van der Waals surface area contributed by atoms with E-state index < -0.39 is 0 Å². The molecule has 0 saturated carbocycles. The first-order valence-corrected chi connectivity index (χ1v) is 10.1. The Labute approximate surface area is 170 Å². The lowest BCUT2D eigenvalue weighted by molar-refractivity contribution is 0.0779. The smallest absolute Gasteiger partial charge is 0.257 e. The van der Waals surface area contributed by atoms with Crippen LogP contribution in [-0.2, 0) is 5.54 Å². The summed E-state index contributed by atoms with van der Waals surface area (Å²) in [4.78, 5) is 22.1. The number of pyridine rings is 1. The number of benzene rings is 1. The zero-order chi connectivity index (χ0) is 20.2. The maximum absolute atomic E-state index is 13.3. The normalized spacial score (nSPS) is 20.1. The maximum Gasteiger partial charge on any atom is 0.257 e. The molecule has 0 aliphatic carbocycles. The van der Waals surface area contributed by atoms with Crippen LogP contribution in [0.1, 0.15) is 35.0 Å². The number of carbonyl (C=O) groups is 1. The summed E-state index contributed by atoms with van der Waals surface area (Å²) in [6, 6.07) is 13.6. The Morgan fingerprint density at radius 2 is 2.07 bits per heavy atom. The number of likely N-dealkylation sites (N-methyl/N-ethyl adjacent to an activating group) is 1. The number of likely N-dealkylation sites (tertiary alicyclic amines) is 1. The van der Waals surface area contributed by atoms with Crippen LogP contribution in [0.4, 0.5) is 5.69 Å². The van der Waals surface area contributed by atoms with Gasteiger partial charge in [0.2, 0.25) is 0 Å². The molecule has 1 spiro atoms. The molecule has 0 radical (unpaired) electrons. The molecule has 5 rings (SSSR count). The van der Waals surface area contributed by atoms with E-state index in [-0.39, 0.29) is 17.2 Å². The van der Waals surface area contributed by atoms with E-state index in [1.165, 1.54) is 0 Å². The first-order valence-electron chi connectivity index (χ1n) is 10.1. The Bertz CT molecular complexity index is 1110. The zero-order valence-corrected chi connectivity index (χ0v) is 16.7. The van der Waals surface area contributed by atoms with Crippen molar-refractivity contribution < 1.29 is 9.90 Å². The molecule has 148 valence electrons. The van der Waals surface area contributed by atoms with Crippen LogP contribution in [0.3, 0.4) is 0 Å². The van der Waals surface area contributed by atoms with Crippen LogP contribution in [0.15, 0.2) is 54.9 Å². The summed E-state index contributed by atoms with van der Waals surface area (Å²) in [7, 11) is 0. The third-order valence-electron chi connectivity index (χ3n) is 6.35. The number of hydrogen-bond donors (Lipinski definition) is 1. The van der Waals surface area contributed by atoms with Crippen molar-refractivity contribution in [1.29, 1.82) is 0 Å². The van der Waals surface area contributed by atoms with E-state index in [1.807, 2.05) is 48.5 Å². The fourth-order valence-corrected chi connectivity index (χ4v) is 4.97. The van der Waals surface area contributed by atoms with Gasteiger partial charge in [-0.1, -0.05) is 12.1 Å². The van der Waals surface area contributed by atoms with Crippen molar-refractivity contribution in [3.63, 3.8) is 0 Å². The molecular weight excluding hydrogens is 364 g/mol. The van der Waals surface area contributed by atoms with Gasteiger partial charge in [0.05, 0.1) is 16.9 Å². The Morgan fingerprint density at radius 3 is 2.90 bits per heavy atom. The molecule has 4 heterocycles. The third kappa shape index (κ3) is 2.41. The fourth-order valence-electron chi connectivity index (χ4n) is 4.97. The molecular formula is C23H24N4O2. The van der Waals surface area contributed by atoms with Crippen LogP contribution >= 0.6 is 0 Å². The molecule has 0 bridgehead atoms. The number of aromatic hydroxyl groups is 1. The molecule has 6 heteroatoms. The molecule has 1 N–H and O–H groups in total. The molecule has 6 nitrogen and oxygen atoms in total. The number of anilines is 1. The van der Waals surface area contributed by atoms with Crippen molar-refractivity contribution in [2.75, 3.05) is 24.5 Å². The third-order valence-corrected chi connectivity index (χ3v) is 6.35. The van der Waals surface area contributed by atoms with Gasteiger partial charge in [-0.15, -0.1) is 0 Å². The summed E-state index contributed by atoms with van der Waals surface area (Å²) in [6.45, 7) is 6.00. The molecule has 29 heavy (non-hydrogen) atoms. The lowest BCUT2D eigenvalue weighted by atomic mass is 9.89. The molecule has 1 atom stereocenters. The van der Waals surface area contributed by atoms with Gasteiger partial charge in [0.25, 0.3) is 5.91 Å². The lowest BCUT2D eigenvalue weighted by Gasteiger charge is -2.46. The van der Waals surface area contributed by atoms with E-state index in [1.54, 1.807) is 6.07 Å². The van der Waals surface area contributed by atoms with Crippen molar-refractivity contribution in [1.82, 2.24) is 14.5 Å². The average molecular weight is 388 g/mol. The quantitative estimate of drug-likeness (QED) is 0.730. The SMILES string of the molecule is CCN1c2cccnc2-n2cccc2[C@]12CCN(C(=O)c1cccc(C)c1O)C2. The van der Waals surface area contributed by atoms with Crippen molar-refractivity contribution in [3.8, 4) is 11.6 Å². The molecule has 2 aromatic heterocycles. The molecule has 2 aliphatic rings. The zero-order valence-electron chi connectivity index (χ0n) is 16.7. The van der Waals surface area contributed by atoms with Crippen molar-refractivity contribution in [2.24, 2.45) is 0 Å². The van der Waals surface area contributed by atoms with Gasteiger partial charge in [-0.2, -0.15) is 0 Å². The molecule has 1 saturated heterocycles. The topological polar surface area (TPSA) is 61.6 Å². The van der Waals surface area contributed by atoms with Gasteiger partial charge >= 0.3 is 0 Å². The molecule has 0 unspecified atom stereocenters. The summed E-state index contributed by atoms with van der Waals surface area (Å²) in [5.74, 6) is 0.891. The number of aryl methyl sites for hydroxylation is 1. The van der Waals surface area contributed by atoms with Crippen molar-refractivity contribution in [3.05, 3.63) is 71.7 Å². The van der Waals surface area contributed by atoms with Crippen molar-refractivity contribution >= 4 is 11.6 Å². The predicted octanol–water partition coefficient (Wildman–Crippen LogP) is 3.47. The Morgan fingerprint density at radius 1 is 1.21 bits per heavy atom. The van der Waals surface area contributed by atoms with Crippen molar-refractivity contribution in [2.45, 2.75) is 25.8 Å². The van der Waals surface area contributed by atoms with Crippen LogP contribution < -0.4 is 4.90 Å². The highest BCUT2D eigenvalue weighted by atomic mass is 16.3. The predicted molar refractivity (Wildman–Crippen MR) is 112 cm³/mol. The second-order valence-electron chi connectivity index (χ2n) is 7.83. The van der Waals surface area contributed by atoms with Gasteiger partial charge in [0.15, 0.2) is 5.82 Å². The summed E-state index contributed by atoms with van der Waals surface area (Å²) in [6.07, 6.45) is 4.70. The molecule has 1 amide bonds. The number of hydrogen-bond acceptors (Lipinski definition) is 4. The highest BCUT2D eigenvalue weighted by molar-refractivity contribution is 5.97. The minimum atomic E-state index is -0.302. The monoisotopic (exact) mass is 388 g/mol. The molecule has 1 aromatic carbocycles.